The topological polar surface area (TPSA) is 87.9 Å². The van der Waals surface area contributed by atoms with Crippen LogP contribution in [0.15, 0.2) is 115 Å². The lowest BCUT2D eigenvalue weighted by molar-refractivity contribution is -0.480. The predicted molar refractivity (Wildman–Crippen MR) is 134 cm³/mol. The second-order valence-corrected chi connectivity index (χ2v) is 9.79. The van der Waals surface area contributed by atoms with Gasteiger partial charge in [-0.3, -0.25) is 10.1 Å². The SMILES string of the molecule is O=[N+]([O-])C[C@@H](c1ccc(OCc2ccccc2)cc1)P(=O)(Oc1ccccc1)Oc1ccccc1. The number of nitrogens with zero attached hydrogens (tertiary/aromatic N) is 1. The zero-order chi connectivity index (χ0) is 24.5. The third kappa shape index (κ3) is 6.71. The summed E-state index contributed by atoms with van der Waals surface area (Å²) in [5.74, 6) is 1.17. The highest BCUT2D eigenvalue weighted by atomic mass is 31.2. The third-order valence-electron chi connectivity index (χ3n) is 5.17. The fraction of sp³-hybridized carbons (Fsp3) is 0.111. The van der Waals surface area contributed by atoms with Crippen molar-refractivity contribution in [1.82, 2.24) is 0 Å². The van der Waals surface area contributed by atoms with Crippen molar-refractivity contribution in [3.05, 3.63) is 137 Å². The minimum absolute atomic E-state index is 0.294. The van der Waals surface area contributed by atoms with Crippen molar-refractivity contribution in [1.29, 1.82) is 0 Å². The van der Waals surface area contributed by atoms with Gasteiger partial charge >= 0.3 is 7.60 Å². The van der Waals surface area contributed by atoms with E-state index in [1.165, 1.54) is 0 Å². The van der Waals surface area contributed by atoms with Gasteiger partial charge in [0.25, 0.3) is 0 Å². The zero-order valence-electron chi connectivity index (χ0n) is 18.8. The molecule has 0 saturated carbocycles. The molecule has 0 radical (unpaired) electrons. The molecule has 0 fully saturated rings. The molecule has 4 rings (SSSR count). The van der Waals surface area contributed by atoms with E-state index in [1.807, 2.05) is 30.3 Å². The Morgan fingerprint density at radius 1 is 0.686 bits per heavy atom. The first-order valence-corrected chi connectivity index (χ1v) is 12.6. The van der Waals surface area contributed by atoms with Crippen LogP contribution in [0, 0.1) is 10.1 Å². The summed E-state index contributed by atoms with van der Waals surface area (Å²) in [6.07, 6.45) is 0. The molecule has 0 aromatic heterocycles. The molecule has 7 nitrogen and oxygen atoms in total. The Morgan fingerprint density at radius 3 is 1.66 bits per heavy atom. The summed E-state index contributed by atoms with van der Waals surface area (Å²) in [5, 5.41) is 11.6. The van der Waals surface area contributed by atoms with Gasteiger partial charge < -0.3 is 13.8 Å². The molecular formula is C27H24NO6P. The lowest BCUT2D eigenvalue weighted by Gasteiger charge is -2.26. The van der Waals surface area contributed by atoms with Crippen molar-refractivity contribution in [3.63, 3.8) is 0 Å². The van der Waals surface area contributed by atoms with Gasteiger partial charge in [0.15, 0.2) is 5.66 Å². The van der Waals surface area contributed by atoms with Crippen LogP contribution in [0.5, 0.6) is 17.2 Å². The van der Waals surface area contributed by atoms with E-state index in [-0.39, 0.29) is 0 Å². The summed E-state index contributed by atoms with van der Waals surface area (Å²) in [6, 6.07) is 33.4. The van der Waals surface area contributed by atoms with Crippen molar-refractivity contribution < 1.29 is 23.3 Å². The second kappa shape index (κ2) is 11.4. The average molecular weight is 489 g/mol. The van der Waals surface area contributed by atoms with E-state index in [0.717, 1.165) is 5.56 Å². The summed E-state index contributed by atoms with van der Waals surface area (Å²) in [4.78, 5) is 11.1. The van der Waals surface area contributed by atoms with Gasteiger partial charge in [0.05, 0.1) is 0 Å². The normalized spacial score (nSPS) is 11.9. The molecule has 0 spiro atoms. The van der Waals surface area contributed by atoms with Crippen LogP contribution < -0.4 is 13.8 Å². The minimum atomic E-state index is -4.11. The molecule has 0 unspecified atom stereocenters. The number of hydrogen-bond donors (Lipinski definition) is 0. The van der Waals surface area contributed by atoms with Gasteiger partial charge in [-0.1, -0.05) is 78.9 Å². The number of para-hydroxylation sites is 2. The van der Waals surface area contributed by atoms with Crippen molar-refractivity contribution in [2.24, 2.45) is 0 Å². The average Bonchev–Trinajstić information content (AvgIpc) is 2.88. The van der Waals surface area contributed by atoms with Crippen molar-refractivity contribution >= 4 is 7.60 Å². The van der Waals surface area contributed by atoms with Crippen LogP contribution >= 0.6 is 7.60 Å². The molecule has 0 aliphatic carbocycles. The van der Waals surface area contributed by atoms with Crippen molar-refractivity contribution in [2.45, 2.75) is 12.3 Å². The van der Waals surface area contributed by atoms with E-state index >= 15 is 0 Å². The van der Waals surface area contributed by atoms with E-state index in [2.05, 4.69) is 0 Å². The Balaban J connectivity index is 1.63. The van der Waals surface area contributed by atoms with E-state index < -0.39 is 24.7 Å². The number of hydrogen-bond acceptors (Lipinski definition) is 6. The molecule has 1 atom stereocenters. The number of ether oxygens (including phenoxy) is 1. The summed E-state index contributed by atoms with van der Waals surface area (Å²) in [7, 11) is -4.11. The molecule has 0 bridgehead atoms. The van der Waals surface area contributed by atoms with Crippen LogP contribution in [-0.4, -0.2) is 11.5 Å². The molecule has 0 saturated heterocycles. The summed E-state index contributed by atoms with van der Waals surface area (Å²) < 4.78 is 31.7. The zero-order valence-corrected chi connectivity index (χ0v) is 19.7. The Labute approximate surface area is 203 Å². The first-order valence-electron chi connectivity index (χ1n) is 11.0. The lowest BCUT2D eigenvalue weighted by atomic mass is 10.1. The Kier molecular flexibility index (Phi) is 7.81. The van der Waals surface area contributed by atoms with E-state index in [1.54, 1.807) is 84.9 Å². The molecule has 0 heterocycles. The summed E-state index contributed by atoms with van der Waals surface area (Å²) in [5.41, 5.74) is 0.310. The van der Waals surface area contributed by atoms with Crippen molar-refractivity contribution in [2.75, 3.05) is 6.54 Å². The molecule has 0 aliphatic heterocycles. The molecule has 0 aliphatic rings. The van der Waals surface area contributed by atoms with Gasteiger partial charge in [-0.2, -0.15) is 0 Å². The molecule has 0 amide bonds. The van der Waals surface area contributed by atoms with Gasteiger partial charge in [-0.15, -0.1) is 0 Å². The van der Waals surface area contributed by atoms with E-state index in [0.29, 0.717) is 29.4 Å². The number of rotatable bonds is 11. The Morgan fingerprint density at radius 2 is 1.17 bits per heavy atom. The third-order valence-corrected chi connectivity index (χ3v) is 7.32. The maximum Gasteiger partial charge on any atom is 0.444 e. The quantitative estimate of drug-likeness (QED) is 0.129. The van der Waals surface area contributed by atoms with Crippen molar-refractivity contribution in [3.8, 4) is 17.2 Å². The maximum absolute atomic E-state index is 14.2. The summed E-state index contributed by atoms with van der Waals surface area (Å²) >= 11 is 0. The second-order valence-electron chi connectivity index (χ2n) is 7.72. The van der Waals surface area contributed by atoms with Crippen LogP contribution in [-0.2, 0) is 11.2 Å². The highest BCUT2D eigenvalue weighted by Crippen LogP contribution is 2.60. The monoisotopic (exact) mass is 489 g/mol. The van der Waals surface area contributed by atoms with Crippen LogP contribution in [0.4, 0.5) is 0 Å². The molecule has 4 aromatic rings. The van der Waals surface area contributed by atoms with Gasteiger partial charge in [-0.25, -0.2) is 4.57 Å². The van der Waals surface area contributed by atoms with Crippen LogP contribution in [0.3, 0.4) is 0 Å². The molecule has 0 N–H and O–H groups in total. The first-order chi connectivity index (χ1) is 17.0. The molecule has 8 heteroatoms. The smallest absolute Gasteiger partial charge is 0.444 e. The van der Waals surface area contributed by atoms with Crippen LogP contribution in [0.25, 0.3) is 0 Å². The highest BCUT2D eigenvalue weighted by molar-refractivity contribution is 7.55. The molecular weight excluding hydrogens is 465 g/mol. The largest absolute Gasteiger partial charge is 0.489 e. The van der Waals surface area contributed by atoms with Gasteiger partial charge in [-0.05, 0) is 47.5 Å². The van der Waals surface area contributed by atoms with Gasteiger partial charge in [0, 0.05) is 4.92 Å². The van der Waals surface area contributed by atoms with Crippen LogP contribution in [0.2, 0.25) is 0 Å². The maximum atomic E-state index is 14.2. The van der Waals surface area contributed by atoms with Gasteiger partial charge in [0.2, 0.25) is 6.54 Å². The fourth-order valence-corrected chi connectivity index (χ4v) is 5.45. The van der Waals surface area contributed by atoms with E-state index in [4.69, 9.17) is 13.8 Å². The standard InChI is InChI=1S/C27H24NO6P/c29-28(30)20-27(23-16-18-24(19-17-23)32-21-22-10-4-1-5-11-22)35(31,33-25-12-6-2-7-13-25)34-26-14-8-3-9-15-26/h1-19,27H,20-21H2/t27-/m0/s1. The lowest BCUT2D eigenvalue weighted by Crippen LogP contribution is -2.18. The van der Waals surface area contributed by atoms with E-state index in [9.17, 15) is 14.7 Å². The fourth-order valence-electron chi connectivity index (χ4n) is 3.46. The molecule has 178 valence electrons. The minimum Gasteiger partial charge on any atom is -0.489 e. The number of benzene rings is 4. The Hall–Kier alpha value is -4.09. The van der Waals surface area contributed by atoms with Gasteiger partial charge in [0.1, 0.15) is 23.9 Å². The van der Waals surface area contributed by atoms with Crippen LogP contribution in [0.1, 0.15) is 16.8 Å². The molecule has 35 heavy (non-hydrogen) atoms. The Bertz CT molecular complexity index is 1220. The highest BCUT2D eigenvalue weighted by Gasteiger charge is 2.44. The summed E-state index contributed by atoms with van der Waals surface area (Å²) in [6.45, 7) is -0.258. The molecule has 4 aromatic carbocycles. The predicted octanol–water partition coefficient (Wildman–Crippen LogP) is 6.93. The number of nitro groups is 1. The first kappa shape index (κ1) is 24.0.